The molecule has 178 valence electrons. The Morgan fingerprint density at radius 2 is 1.76 bits per heavy atom. The summed E-state index contributed by atoms with van der Waals surface area (Å²) in [5.74, 6) is -2.87. The summed E-state index contributed by atoms with van der Waals surface area (Å²) in [6.07, 6.45) is -1.60. The molecule has 3 rings (SSSR count). The van der Waals surface area contributed by atoms with Crippen LogP contribution in [0.1, 0.15) is 35.3 Å². The van der Waals surface area contributed by atoms with Crippen LogP contribution in [0, 0.1) is 17.0 Å². The molecule has 0 aromatic heterocycles. The van der Waals surface area contributed by atoms with Crippen LogP contribution in [-0.2, 0) is 22.7 Å². The van der Waals surface area contributed by atoms with Gasteiger partial charge in [-0.05, 0) is 41.3 Å². The zero-order valence-corrected chi connectivity index (χ0v) is 19.2. The van der Waals surface area contributed by atoms with Crippen molar-refractivity contribution >= 4 is 23.5 Å². The number of nitrogens with zero attached hydrogens (tertiary/aromatic N) is 1. The molecule has 1 amide bonds. The van der Waals surface area contributed by atoms with Crippen molar-refractivity contribution in [2.45, 2.75) is 26.2 Å². The van der Waals surface area contributed by atoms with Gasteiger partial charge in [0.2, 0.25) is 0 Å². The maximum absolute atomic E-state index is 15.1. The van der Waals surface area contributed by atoms with E-state index in [0.717, 1.165) is 16.6 Å². The summed E-state index contributed by atoms with van der Waals surface area (Å²) < 4.78 is 36.5. The highest BCUT2D eigenvalue weighted by atomic mass is 35.5. The summed E-state index contributed by atoms with van der Waals surface area (Å²) in [5.41, 5.74) is 7.23. The smallest absolute Gasteiger partial charge is 0.271 e. The highest BCUT2D eigenvalue weighted by molar-refractivity contribution is 6.21. The second-order valence-corrected chi connectivity index (χ2v) is 7.88. The number of hydrogen-bond donors (Lipinski definition) is 3. The van der Waals surface area contributed by atoms with E-state index in [1.54, 1.807) is 55.5 Å². The summed E-state index contributed by atoms with van der Waals surface area (Å²) in [7, 11) is 0. The summed E-state index contributed by atoms with van der Waals surface area (Å²) in [5, 5.41) is 17.0. The SMILES string of the molecule is CCOC(C(=O)N(Cl)Cc1ccc(C(=N)N)cc1)c1c(F)cc(-c2ccccc2CO)cc1F. The van der Waals surface area contributed by atoms with Gasteiger partial charge in [0.1, 0.15) is 17.5 Å². The Labute approximate surface area is 201 Å². The van der Waals surface area contributed by atoms with E-state index >= 15 is 8.78 Å². The third-order valence-corrected chi connectivity index (χ3v) is 5.51. The average molecular weight is 488 g/mol. The zero-order valence-electron chi connectivity index (χ0n) is 18.4. The number of hydrogen-bond acceptors (Lipinski definition) is 4. The first kappa shape index (κ1) is 25.3. The third-order valence-electron chi connectivity index (χ3n) is 5.22. The second kappa shape index (κ2) is 11.2. The molecule has 0 fully saturated rings. The minimum atomic E-state index is -1.60. The van der Waals surface area contributed by atoms with Crippen molar-refractivity contribution in [1.29, 1.82) is 5.41 Å². The van der Waals surface area contributed by atoms with Gasteiger partial charge < -0.3 is 15.6 Å². The van der Waals surface area contributed by atoms with Crippen LogP contribution in [0.4, 0.5) is 8.78 Å². The van der Waals surface area contributed by atoms with Gasteiger partial charge in [0.05, 0.1) is 18.7 Å². The molecule has 0 saturated carbocycles. The van der Waals surface area contributed by atoms with Crippen LogP contribution >= 0.6 is 11.8 Å². The summed E-state index contributed by atoms with van der Waals surface area (Å²) >= 11 is 6.18. The number of amidine groups is 1. The van der Waals surface area contributed by atoms with Gasteiger partial charge in [-0.3, -0.25) is 10.2 Å². The van der Waals surface area contributed by atoms with Crippen molar-refractivity contribution in [3.63, 3.8) is 0 Å². The van der Waals surface area contributed by atoms with Crippen LogP contribution in [-0.4, -0.2) is 27.9 Å². The first-order valence-electron chi connectivity index (χ1n) is 10.5. The first-order valence-corrected chi connectivity index (χ1v) is 10.8. The van der Waals surface area contributed by atoms with E-state index < -0.39 is 29.2 Å². The molecule has 0 heterocycles. The Hall–Kier alpha value is -3.33. The molecule has 34 heavy (non-hydrogen) atoms. The van der Waals surface area contributed by atoms with Gasteiger partial charge in [0.25, 0.3) is 5.91 Å². The Kier molecular flexibility index (Phi) is 8.33. The largest absolute Gasteiger partial charge is 0.392 e. The monoisotopic (exact) mass is 487 g/mol. The van der Waals surface area contributed by atoms with Gasteiger partial charge in [-0.15, -0.1) is 0 Å². The molecule has 1 unspecified atom stereocenters. The number of ether oxygens (including phenoxy) is 1. The topological polar surface area (TPSA) is 99.6 Å². The van der Waals surface area contributed by atoms with Crippen molar-refractivity contribution < 1.29 is 23.4 Å². The maximum atomic E-state index is 15.1. The quantitative estimate of drug-likeness (QED) is 0.232. The minimum Gasteiger partial charge on any atom is -0.392 e. The van der Waals surface area contributed by atoms with Gasteiger partial charge in [-0.1, -0.05) is 48.5 Å². The lowest BCUT2D eigenvalue weighted by Gasteiger charge is -2.23. The minimum absolute atomic E-state index is 0.0163. The Balaban J connectivity index is 1.90. The molecule has 6 nitrogen and oxygen atoms in total. The van der Waals surface area contributed by atoms with E-state index in [9.17, 15) is 9.90 Å². The van der Waals surface area contributed by atoms with Crippen molar-refractivity contribution in [2.75, 3.05) is 6.61 Å². The molecule has 3 aromatic carbocycles. The van der Waals surface area contributed by atoms with E-state index in [1.807, 2.05) is 0 Å². The number of nitrogens with one attached hydrogen (secondary N) is 1. The summed E-state index contributed by atoms with van der Waals surface area (Å²) in [6, 6.07) is 15.4. The molecule has 0 aliphatic rings. The van der Waals surface area contributed by atoms with Gasteiger partial charge in [-0.25, -0.2) is 13.2 Å². The van der Waals surface area contributed by atoms with Crippen LogP contribution in [0.3, 0.4) is 0 Å². The molecule has 3 aromatic rings. The lowest BCUT2D eigenvalue weighted by molar-refractivity contribution is -0.139. The van der Waals surface area contributed by atoms with Crippen molar-refractivity contribution in [2.24, 2.45) is 5.73 Å². The van der Waals surface area contributed by atoms with E-state index in [2.05, 4.69) is 0 Å². The summed E-state index contributed by atoms with van der Waals surface area (Å²) in [6.45, 7) is 1.26. The standard InChI is InChI=1S/C25H24ClF2N3O3/c1-2-34-23(25(33)31(26)13-15-7-9-16(10-8-15)24(29)30)22-20(27)11-18(12-21(22)28)19-6-4-3-5-17(19)14-32/h3-12,23,32H,2,13-14H2,1H3,(H3,29,30). The number of halogens is 3. The molecule has 1 atom stereocenters. The molecule has 4 N–H and O–H groups in total. The molecule has 0 spiro atoms. The van der Waals surface area contributed by atoms with E-state index in [4.69, 9.17) is 27.7 Å². The molecule has 9 heteroatoms. The normalized spacial score (nSPS) is 11.8. The van der Waals surface area contributed by atoms with Crippen LogP contribution in [0.25, 0.3) is 11.1 Å². The number of aliphatic hydroxyl groups excluding tert-OH is 1. The highest BCUT2D eigenvalue weighted by Crippen LogP contribution is 2.32. The number of nitrogen functional groups attached to an aromatic ring is 1. The average Bonchev–Trinajstić information content (AvgIpc) is 2.82. The number of rotatable bonds is 9. The number of aliphatic hydroxyl groups is 1. The number of carbonyl (C=O) groups is 1. The van der Waals surface area contributed by atoms with Gasteiger partial charge in [0.15, 0.2) is 6.10 Å². The lowest BCUT2D eigenvalue weighted by Crippen LogP contribution is -2.30. The molecule has 0 bridgehead atoms. The van der Waals surface area contributed by atoms with Crippen molar-refractivity contribution in [3.05, 3.63) is 94.6 Å². The first-order chi connectivity index (χ1) is 16.3. The molecular weight excluding hydrogens is 464 g/mol. The number of amides is 1. The van der Waals surface area contributed by atoms with Crippen LogP contribution in [0.15, 0.2) is 60.7 Å². The van der Waals surface area contributed by atoms with Crippen LogP contribution < -0.4 is 5.73 Å². The predicted octanol–water partition coefficient (Wildman–Crippen LogP) is 4.67. The molecule has 0 aliphatic carbocycles. The lowest BCUT2D eigenvalue weighted by atomic mass is 9.96. The van der Waals surface area contributed by atoms with Crippen molar-refractivity contribution in [3.8, 4) is 11.1 Å². The predicted molar refractivity (Wildman–Crippen MR) is 126 cm³/mol. The third kappa shape index (κ3) is 5.59. The number of nitrogens with two attached hydrogens (primary N) is 1. The molecule has 0 aliphatic heterocycles. The van der Waals surface area contributed by atoms with Crippen LogP contribution in [0.2, 0.25) is 0 Å². The number of benzene rings is 3. The summed E-state index contributed by atoms with van der Waals surface area (Å²) in [4.78, 5) is 13.0. The van der Waals surface area contributed by atoms with Crippen molar-refractivity contribution in [1.82, 2.24) is 4.42 Å². The van der Waals surface area contributed by atoms with Gasteiger partial charge in [0, 0.05) is 23.9 Å². The Morgan fingerprint density at radius 3 is 2.32 bits per heavy atom. The molecule has 0 saturated heterocycles. The van der Waals surface area contributed by atoms with Gasteiger partial charge >= 0.3 is 0 Å². The number of carbonyl (C=O) groups excluding carboxylic acids is 1. The van der Waals surface area contributed by atoms with Gasteiger partial charge in [-0.2, -0.15) is 0 Å². The van der Waals surface area contributed by atoms with E-state index in [0.29, 0.717) is 22.3 Å². The molecular formula is C25H24ClF2N3O3. The fourth-order valence-corrected chi connectivity index (χ4v) is 3.76. The fourth-order valence-electron chi connectivity index (χ4n) is 3.53. The molecule has 0 radical (unpaired) electrons. The van der Waals surface area contributed by atoms with E-state index in [1.165, 1.54) is 0 Å². The second-order valence-electron chi connectivity index (χ2n) is 7.47. The van der Waals surface area contributed by atoms with Crippen LogP contribution in [0.5, 0.6) is 0 Å². The Morgan fingerprint density at radius 1 is 1.15 bits per heavy atom. The Bertz CT molecular complexity index is 1170. The maximum Gasteiger partial charge on any atom is 0.271 e. The zero-order chi connectivity index (χ0) is 24.8. The highest BCUT2D eigenvalue weighted by Gasteiger charge is 2.32. The van der Waals surface area contributed by atoms with E-state index in [-0.39, 0.29) is 31.2 Å². The fraction of sp³-hybridized carbons (Fsp3) is 0.200.